The van der Waals surface area contributed by atoms with Crippen molar-refractivity contribution in [1.82, 2.24) is 9.97 Å². The summed E-state index contributed by atoms with van der Waals surface area (Å²) in [6.45, 7) is 2.77. The van der Waals surface area contributed by atoms with E-state index in [0.29, 0.717) is 16.0 Å². The van der Waals surface area contributed by atoms with Crippen LogP contribution in [0.1, 0.15) is 13.3 Å². The van der Waals surface area contributed by atoms with E-state index in [0.717, 1.165) is 13.0 Å². The van der Waals surface area contributed by atoms with Crippen molar-refractivity contribution in [3.8, 4) is 17.4 Å². The molecule has 1 heterocycles. The molecule has 0 aliphatic carbocycles. The fourth-order valence-electron chi connectivity index (χ4n) is 1.65. The first-order valence-electron chi connectivity index (χ1n) is 6.41. The summed E-state index contributed by atoms with van der Waals surface area (Å²) in [6.07, 6.45) is 2.28. The van der Waals surface area contributed by atoms with Gasteiger partial charge in [-0.1, -0.05) is 22.9 Å². The Morgan fingerprint density at radius 3 is 2.81 bits per heavy atom. The third-order valence-corrected chi connectivity index (χ3v) is 3.11. The largest absolute Gasteiger partial charge is 0.489 e. The Morgan fingerprint density at radius 2 is 2.14 bits per heavy atom. The van der Waals surface area contributed by atoms with Crippen LogP contribution in [0, 0.1) is 5.82 Å². The molecule has 2 aromatic rings. The lowest BCUT2D eigenvalue weighted by atomic mass is 10.3. The van der Waals surface area contributed by atoms with Gasteiger partial charge < -0.3 is 14.8 Å². The number of ether oxygens (including phenoxy) is 2. The van der Waals surface area contributed by atoms with E-state index in [2.05, 4.69) is 31.2 Å². The van der Waals surface area contributed by atoms with Crippen LogP contribution >= 0.6 is 15.9 Å². The van der Waals surface area contributed by atoms with E-state index in [1.807, 2.05) is 6.92 Å². The van der Waals surface area contributed by atoms with Crippen LogP contribution in [0.2, 0.25) is 0 Å². The second kappa shape index (κ2) is 7.21. The van der Waals surface area contributed by atoms with Crippen LogP contribution in [0.25, 0.3) is 0 Å². The first kappa shape index (κ1) is 15.5. The Labute approximate surface area is 130 Å². The fraction of sp³-hybridized carbons (Fsp3) is 0.286. The molecule has 0 spiro atoms. The van der Waals surface area contributed by atoms with Gasteiger partial charge in [0, 0.05) is 11.0 Å². The number of rotatable bonds is 6. The molecule has 21 heavy (non-hydrogen) atoms. The maximum Gasteiger partial charge on any atom is 0.268 e. The minimum Gasteiger partial charge on any atom is -0.489 e. The van der Waals surface area contributed by atoms with Crippen LogP contribution < -0.4 is 14.8 Å². The Bertz CT molecular complexity index is 625. The van der Waals surface area contributed by atoms with Gasteiger partial charge in [0.25, 0.3) is 5.88 Å². The third-order valence-electron chi connectivity index (χ3n) is 2.62. The molecule has 0 aliphatic rings. The van der Waals surface area contributed by atoms with Gasteiger partial charge in [-0.3, -0.25) is 0 Å². The highest BCUT2D eigenvalue weighted by Gasteiger charge is 2.15. The molecule has 0 radical (unpaired) electrons. The number of nitrogens with one attached hydrogen (secondary N) is 1. The van der Waals surface area contributed by atoms with Crippen molar-refractivity contribution in [3.63, 3.8) is 0 Å². The molecule has 0 aliphatic heterocycles. The van der Waals surface area contributed by atoms with Gasteiger partial charge >= 0.3 is 0 Å². The highest BCUT2D eigenvalue weighted by Crippen LogP contribution is 2.35. The summed E-state index contributed by atoms with van der Waals surface area (Å²) < 4.78 is 25.2. The van der Waals surface area contributed by atoms with E-state index >= 15 is 0 Å². The standard InChI is InChI=1S/C14H15BrFN3O2/c1-3-6-17-13-12(20-2)14(19-8-18-13)21-11-5-4-9(15)7-10(11)16/h4-5,7-8H,3,6H2,1-2H3,(H,17,18,19). The number of hydrogen-bond donors (Lipinski definition) is 1. The molecule has 0 bridgehead atoms. The van der Waals surface area contributed by atoms with Gasteiger partial charge in [-0.25, -0.2) is 9.37 Å². The quantitative estimate of drug-likeness (QED) is 0.848. The molecule has 0 atom stereocenters. The van der Waals surface area contributed by atoms with Crippen molar-refractivity contribution in [2.24, 2.45) is 0 Å². The van der Waals surface area contributed by atoms with Gasteiger partial charge in [-0.15, -0.1) is 0 Å². The maximum absolute atomic E-state index is 13.8. The average molecular weight is 356 g/mol. The van der Waals surface area contributed by atoms with Crippen LogP contribution in [0.5, 0.6) is 17.4 Å². The summed E-state index contributed by atoms with van der Waals surface area (Å²) in [5, 5.41) is 3.11. The van der Waals surface area contributed by atoms with E-state index in [1.165, 1.54) is 25.6 Å². The van der Waals surface area contributed by atoms with Crippen LogP contribution in [0.3, 0.4) is 0 Å². The predicted molar refractivity (Wildman–Crippen MR) is 81.5 cm³/mol. The number of nitrogens with zero attached hydrogens (tertiary/aromatic N) is 2. The van der Waals surface area contributed by atoms with Gasteiger partial charge in [-0.2, -0.15) is 4.98 Å². The molecule has 0 saturated carbocycles. The Balaban J connectivity index is 2.30. The maximum atomic E-state index is 13.8. The molecule has 0 unspecified atom stereocenters. The molecule has 1 aromatic carbocycles. The molecular weight excluding hydrogens is 341 g/mol. The number of aromatic nitrogens is 2. The molecular formula is C14H15BrFN3O2. The number of methoxy groups -OCH3 is 1. The van der Waals surface area contributed by atoms with Crippen LogP contribution in [-0.2, 0) is 0 Å². The third kappa shape index (κ3) is 3.81. The van der Waals surface area contributed by atoms with Crippen molar-refractivity contribution in [2.45, 2.75) is 13.3 Å². The van der Waals surface area contributed by atoms with Crippen molar-refractivity contribution in [1.29, 1.82) is 0 Å². The molecule has 2 rings (SSSR count). The molecule has 0 amide bonds. The monoisotopic (exact) mass is 355 g/mol. The van der Waals surface area contributed by atoms with Gasteiger partial charge in [-0.05, 0) is 24.6 Å². The van der Waals surface area contributed by atoms with Gasteiger partial charge in [0.1, 0.15) is 6.33 Å². The zero-order valence-electron chi connectivity index (χ0n) is 11.7. The zero-order chi connectivity index (χ0) is 15.2. The fourth-order valence-corrected chi connectivity index (χ4v) is 1.98. The lowest BCUT2D eigenvalue weighted by Crippen LogP contribution is -2.06. The highest BCUT2D eigenvalue weighted by atomic mass is 79.9. The topological polar surface area (TPSA) is 56.3 Å². The van der Waals surface area contributed by atoms with Crippen molar-refractivity contribution < 1.29 is 13.9 Å². The average Bonchev–Trinajstić information content (AvgIpc) is 2.48. The van der Waals surface area contributed by atoms with Gasteiger partial charge in [0.2, 0.25) is 5.75 Å². The summed E-state index contributed by atoms with van der Waals surface area (Å²) in [4.78, 5) is 8.10. The SMILES string of the molecule is CCCNc1ncnc(Oc2ccc(Br)cc2F)c1OC. The Kier molecular flexibility index (Phi) is 5.32. The first-order valence-corrected chi connectivity index (χ1v) is 7.20. The van der Waals surface area contributed by atoms with E-state index in [9.17, 15) is 4.39 Å². The first-order chi connectivity index (χ1) is 10.2. The van der Waals surface area contributed by atoms with Crippen molar-refractivity contribution >= 4 is 21.7 Å². The summed E-state index contributed by atoms with van der Waals surface area (Å²) in [7, 11) is 1.49. The van der Waals surface area contributed by atoms with E-state index < -0.39 is 5.82 Å². The summed E-state index contributed by atoms with van der Waals surface area (Å²) in [5.41, 5.74) is 0. The predicted octanol–water partition coefficient (Wildman–Crippen LogP) is 4.00. The number of hydrogen-bond acceptors (Lipinski definition) is 5. The van der Waals surface area contributed by atoms with Crippen LogP contribution in [-0.4, -0.2) is 23.6 Å². The minimum atomic E-state index is -0.492. The van der Waals surface area contributed by atoms with Crippen LogP contribution in [0.4, 0.5) is 10.2 Å². The summed E-state index contributed by atoms with van der Waals surface area (Å²) in [5.74, 6) is 0.590. The lowest BCUT2D eigenvalue weighted by Gasteiger charge is -2.13. The number of halogens is 2. The minimum absolute atomic E-state index is 0.0663. The number of benzene rings is 1. The second-order valence-electron chi connectivity index (χ2n) is 4.16. The molecule has 1 aromatic heterocycles. The van der Waals surface area contributed by atoms with Crippen molar-refractivity contribution in [2.75, 3.05) is 19.0 Å². The molecule has 5 nitrogen and oxygen atoms in total. The normalized spacial score (nSPS) is 10.3. The van der Waals surface area contributed by atoms with Gasteiger partial charge in [0.05, 0.1) is 7.11 Å². The molecule has 0 fully saturated rings. The van der Waals surface area contributed by atoms with E-state index in [1.54, 1.807) is 6.07 Å². The molecule has 112 valence electrons. The smallest absolute Gasteiger partial charge is 0.268 e. The Hall–Kier alpha value is -1.89. The lowest BCUT2D eigenvalue weighted by molar-refractivity contribution is 0.360. The highest BCUT2D eigenvalue weighted by molar-refractivity contribution is 9.10. The summed E-state index contributed by atoms with van der Waals surface area (Å²) >= 11 is 3.19. The number of anilines is 1. The summed E-state index contributed by atoms with van der Waals surface area (Å²) in [6, 6.07) is 4.52. The molecule has 7 heteroatoms. The zero-order valence-corrected chi connectivity index (χ0v) is 13.3. The van der Waals surface area contributed by atoms with E-state index in [-0.39, 0.29) is 11.6 Å². The molecule has 1 N–H and O–H groups in total. The van der Waals surface area contributed by atoms with E-state index in [4.69, 9.17) is 9.47 Å². The van der Waals surface area contributed by atoms with Crippen molar-refractivity contribution in [3.05, 3.63) is 34.8 Å². The van der Waals surface area contributed by atoms with Gasteiger partial charge in [0.15, 0.2) is 17.4 Å². The van der Waals surface area contributed by atoms with Crippen LogP contribution in [0.15, 0.2) is 29.0 Å². The molecule has 0 saturated heterocycles. The Morgan fingerprint density at radius 1 is 1.33 bits per heavy atom. The second-order valence-corrected chi connectivity index (χ2v) is 5.08.